The summed E-state index contributed by atoms with van der Waals surface area (Å²) in [5.41, 5.74) is 1.05. The number of hydrogen-bond donors (Lipinski definition) is 0. The second-order valence-electron chi connectivity index (χ2n) is 3.61. The first-order valence-electron chi connectivity index (χ1n) is 4.75. The molecule has 0 bridgehead atoms. The largest absolute Gasteiger partial charge is 0.356 e. The Morgan fingerprint density at radius 2 is 2.00 bits per heavy atom. The maximum atomic E-state index is 12.7. The van der Waals surface area contributed by atoms with E-state index >= 15 is 0 Å². The second-order valence-corrected chi connectivity index (χ2v) is 3.61. The zero-order valence-electron chi connectivity index (χ0n) is 7.75. The van der Waals surface area contributed by atoms with Gasteiger partial charge in [-0.2, -0.15) is 8.78 Å². The number of halogens is 2. The van der Waals surface area contributed by atoms with E-state index in [1.54, 1.807) is 0 Å². The molecule has 1 fully saturated rings. The zero-order valence-corrected chi connectivity index (χ0v) is 7.75. The fraction of sp³-hybridized carbons (Fsp3) is 0.455. The molecule has 1 nitrogen and oxygen atoms in total. The third-order valence-electron chi connectivity index (χ3n) is 2.40. The molecule has 76 valence electrons. The molecule has 0 radical (unpaired) electrons. The van der Waals surface area contributed by atoms with Gasteiger partial charge in [-0.05, 0) is 18.4 Å². The van der Waals surface area contributed by atoms with Gasteiger partial charge in [0.1, 0.15) is 0 Å². The molecule has 3 heteroatoms. The van der Waals surface area contributed by atoms with Gasteiger partial charge in [-0.25, -0.2) is 0 Å². The number of alkyl halides is 2. The Balaban J connectivity index is 1.94. The maximum Gasteiger partial charge on any atom is 0.356 e. The lowest BCUT2D eigenvalue weighted by Crippen LogP contribution is -2.18. The molecule has 14 heavy (non-hydrogen) atoms. The molecule has 2 rings (SSSR count). The predicted octanol–water partition coefficient (Wildman–Crippen LogP) is 3.00. The Labute approximate surface area is 81.7 Å². The van der Waals surface area contributed by atoms with Crippen molar-refractivity contribution in [3.8, 4) is 0 Å². The summed E-state index contributed by atoms with van der Waals surface area (Å²) in [6, 6.07) is 9.58. The molecule has 1 heterocycles. The quantitative estimate of drug-likeness (QED) is 0.709. The summed E-state index contributed by atoms with van der Waals surface area (Å²) in [4.78, 5) is 0. The molecule has 0 aromatic heterocycles. The summed E-state index contributed by atoms with van der Waals surface area (Å²) in [7, 11) is 0. The van der Waals surface area contributed by atoms with Gasteiger partial charge in [0.05, 0.1) is 6.10 Å². The topological polar surface area (TPSA) is 9.23 Å². The molecular formula is C11H12F2O. The van der Waals surface area contributed by atoms with E-state index in [9.17, 15) is 8.78 Å². The van der Waals surface area contributed by atoms with Crippen molar-refractivity contribution in [3.05, 3.63) is 35.9 Å². The molecular weight excluding hydrogens is 186 g/mol. The van der Waals surface area contributed by atoms with Crippen LogP contribution in [0.3, 0.4) is 0 Å². The van der Waals surface area contributed by atoms with E-state index in [0.717, 1.165) is 5.56 Å². The van der Waals surface area contributed by atoms with E-state index in [4.69, 9.17) is 0 Å². The first-order valence-corrected chi connectivity index (χ1v) is 4.75. The molecule has 1 unspecified atom stereocenters. The lowest BCUT2D eigenvalue weighted by atomic mass is 10.1. The number of ether oxygens (including phenoxy) is 1. The fourth-order valence-corrected chi connectivity index (χ4v) is 1.71. The van der Waals surface area contributed by atoms with Crippen LogP contribution in [0.15, 0.2) is 30.3 Å². The third kappa shape index (κ3) is 2.29. The zero-order chi connectivity index (χ0) is 10.0. The monoisotopic (exact) mass is 198 g/mol. The highest BCUT2D eigenvalue weighted by Crippen LogP contribution is 2.34. The summed E-state index contributed by atoms with van der Waals surface area (Å²) in [6.07, 6.45) is -2.35. The summed E-state index contributed by atoms with van der Waals surface area (Å²) in [5.74, 6) is 0. The van der Waals surface area contributed by atoms with Gasteiger partial charge in [0, 0.05) is 6.42 Å². The molecule has 1 aliphatic heterocycles. The van der Waals surface area contributed by atoms with Gasteiger partial charge in [0.25, 0.3) is 0 Å². The minimum atomic E-state index is -2.90. The van der Waals surface area contributed by atoms with Crippen LogP contribution in [-0.4, -0.2) is 12.2 Å². The maximum absolute atomic E-state index is 12.7. The predicted molar refractivity (Wildman–Crippen MR) is 49.2 cm³/mol. The van der Waals surface area contributed by atoms with Gasteiger partial charge in [-0.15, -0.1) is 0 Å². The smallest absolute Gasteiger partial charge is 0.317 e. The third-order valence-corrected chi connectivity index (χ3v) is 2.40. The molecule has 0 N–H and O–H groups in total. The summed E-state index contributed by atoms with van der Waals surface area (Å²) in [5, 5.41) is 0. The Kier molecular flexibility index (Phi) is 2.50. The first kappa shape index (κ1) is 9.59. The average molecular weight is 198 g/mol. The van der Waals surface area contributed by atoms with Gasteiger partial charge >= 0.3 is 6.11 Å². The molecule has 0 aliphatic carbocycles. The van der Waals surface area contributed by atoms with Crippen LogP contribution in [0.4, 0.5) is 8.78 Å². The Hall–Kier alpha value is -0.960. The van der Waals surface area contributed by atoms with Crippen molar-refractivity contribution in [3.63, 3.8) is 0 Å². The van der Waals surface area contributed by atoms with Crippen LogP contribution in [0.2, 0.25) is 0 Å². The number of rotatable bonds is 2. The molecule has 1 saturated heterocycles. The van der Waals surface area contributed by atoms with Gasteiger partial charge in [0.2, 0.25) is 0 Å². The molecule has 0 saturated carbocycles. The fourth-order valence-electron chi connectivity index (χ4n) is 1.71. The van der Waals surface area contributed by atoms with Crippen LogP contribution < -0.4 is 0 Å². The lowest BCUT2D eigenvalue weighted by Gasteiger charge is -2.12. The standard InChI is InChI=1S/C11H12F2O/c12-11(13)7-6-10(14-11)8-9-4-2-1-3-5-9/h1-5,10H,6-8H2. The number of benzene rings is 1. The van der Waals surface area contributed by atoms with Crippen LogP contribution in [0.25, 0.3) is 0 Å². The second kappa shape index (κ2) is 3.65. The lowest BCUT2D eigenvalue weighted by molar-refractivity contribution is -0.224. The number of hydrogen-bond acceptors (Lipinski definition) is 1. The summed E-state index contributed by atoms with van der Waals surface area (Å²) >= 11 is 0. The highest BCUT2D eigenvalue weighted by atomic mass is 19.3. The summed E-state index contributed by atoms with van der Waals surface area (Å²) in [6.45, 7) is 0. The normalized spacial score (nSPS) is 25.1. The highest BCUT2D eigenvalue weighted by Gasteiger charge is 2.40. The van der Waals surface area contributed by atoms with Gasteiger partial charge in [-0.1, -0.05) is 30.3 Å². The average Bonchev–Trinajstić information content (AvgIpc) is 2.47. The van der Waals surface area contributed by atoms with Gasteiger partial charge < -0.3 is 4.74 Å². The Bertz CT molecular complexity index is 297. The van der Waals surface area contributed by atoms with Crippen LogP contribution in [-0.2, 0) is 11.2 Å². The van der Waals surface area contributed by atoms with E-state index in [2.05, 4.69) is 4.74 Å². The van der Waals surface area contributed by atoms with Crippen molar-refractivity contribution >= 4 is 0 Å². The van der Waals surface area contributed by atoms with Crippen molar-refractivity contribution in [1.82, 2.24) is 0 Å². The van der Waals surface area contributed by atoms with E-state index in [-0.39, 0.29) is 12.5 Å². The minimum absolute atomic E-state index is 0.148. The summed E-state index contributed by atoms with van der Waals surface area (Å²) < 4.78 is 30.0. The van der Waals surface area contributed by atoms with E-state index < -0.39 is 6.11 Å². The van der Waals surface area contributed by atoms with Crippen LogP contribution in [0.1, 0.15) is 18.4 Å². The molecule has 1 aromatic carbocycles. The van der Waals surface area contributed by atoms with E-state index in [0.29, 0.717) is 12.8 Å². The van der Waals surface area contributed by atoms with E-state index in [1.807, 2.05) is 30.3 Å². The van der Waals surface area contributed by atoms with Gasteiger partial charge in [0.15, 0.2) is 0 Å². The Morgan fingerprint density at radius 1 is 1.29 bits per heavy atom. The van der Waals surface area contributed by atoms with E-state index in [1.165, 1.54) is 0 Å². The molecule has 0 amide bonds. The van der Waals surface area contributed by atoms with Crippen molar-refractivity contribution < 1.29 is 13.5 Å². The molecule has 1 aromatic rings. The SMILES string of the molecule is FC1(F)CCC(Cc2ccccc2)O1. The van der Waals surface area contributed by atoms with Crippen molar-refractivity contribution in [2.45, 2.75) is 31.5 Å². The minimum Gasteiger partial charge on any atom is -0.317 e. The Morgan fingerprint density at radius 3 is 2.57 bits per heavy atom. The highest BCUT2D eigenvalue weighted by molar-refractivity contribution is 5.15. The van der Waals surface area contributed by atoms with Gasteiger partial charge in [-0.3, -0.25) is 0 Å². The molecule has 1 atom stereocenters. The molecule has 0 spiro atoms. The van der Waals surface area contributed by atoms with Crippen LogP contribution >= 0.6 is 0 Å². The molecule has 1 aliphatic rings. The van der Waals surface area contributed by atoms with Crippen LogP contribution in [0, 0.1) is 0 Å². The first-order chi connectivity index (χ1) is 6.66. The van der Waals surface area contributed by atoms with Crippen LogP contribution in [0.5, 0.6) is 0 Å². The van der Waals surface area contributed by atoms with Crippen molar-refractivity contribution in [1.29, 1.82) is 0 Å². The van der Waals surface area contributed by atoms with Crippen molar-refractivity contribution in [2.75, 3.05) is 0 Å². The van der Waals surface area contributed by atoms with Crippen molar-refractivity contribution in [2.24, 2.45) is 0 Å².